The van der Waals surface area contributed by atoms with Crippen molar-refractivity contribution in [1.29, 1.82) is 0 Å². The molecule has 1 rings (SSSR count). The molecule has 142 valence electrons. The van der Waals surface area contributed by atoms with Gasteiger partial charge in [-0.1, -0.05) is 50.9 Å². The Labute approximate surface area is 150 Å². The number of carbonyl (C=O) groups excluding carboxylic acids is 1. The second-order valence-electron chi connectivity index (χ2n) is 7.02. The smallest absolute Gasteiger partial charge is 0.303 e. The topological polar surface area (TPSA) is 94.8 Å². The van der Waals surface area contributed by atoms with Crippen molar-refractivity contribution in [1.82, 2.24) is 0 Å². The zero-order valence-electron chi connectivity index (χ0n) is 15.2. The van der Waals surface area contributed by atoms with E-state index in [2.05, 4.69) is 18.8 Å². The van der Waals surface area contributed by atoms with Gasteiger partial charge in [0, 0.05) is 18.8 Å². The van der Waals surface area contributed by atoms with Crippen LogP contribution in [0.25, 0.3) is 0 Å². The average Bonchev–Trinajstić information content (AvgIpc) is 2.82. The zero-order chi connectivity index (χ0) is 18.7. The lowest BCUT2D eigenvalue weighted by Gasteiger charge is -2.15. The number of rotatable bonds is 11. The molecule has 0 aromatic carbocycles. The number of aliphatic carboxylic acids is 1. The third-order valence-corrected chi connectivity index (χ3v) is 4.83. The maximum absolute atomic E-state index is 12.1. The van der Waals surface area contributed by atoms with Gasteiger partial charge in [-0.05, 0) is 25.7 Å². The highest BCUT2D eigenvalue weighted by Crippen LogP contribution is 2.33. The van der Waals surface area contributed by atoms with E-state index in [-0.39, 0.29) is 30.5 Å². The minimum Gasteiger partial charge on any atom is -0.481 e. The number of Topliss-reactive ketones (excluding diaryl/α,β-unsaturated/α-hetero) is 1. The van der Waals surface area contributed by atoms with Crippen LogP contribution in [-0.4, -0.2) is 39.3 Å². The minimum atomic E-state index is -0.776. The van der Waals surface area contributed by atoms with Crippen LogP contribution in [0.1, 0.15) is 77.6 Å². The van der Waals surface area contributed by atoms with Gasteiger partial charge in [0.2, 0.25) is 0 Å². The first-order valence-electron chi connectivity index (χ1n) is 9.57. The highest BCUT2D eigenvalue weighted by Gasteiger charge is 2.40. The van der Waals surface area contributed by atoms with Crippen molar-refractivity contribution in [2.75, 3.05) is 0 Å². The zero-order valence-corrected chi connectivity index (χ0v) is 15.2. The van der Waals surface area contributed by atoms with E-state index in [4.69, 9.17) is 5.11 Å². The SMILES string of the molecule is CCCCCC(O)C#C[C@H]1C(O)CC(=O)[C@@H]1CCCCCCC(=O)O. The molecular weight excluding hydrogens is 320 g/mol. The standard InChI is InChI=1S/C20H32O5/c1-2-3-6-9-15(21)12-13-17-16(18(22)14-19(17)23)10-7-4-5-8-11-20(24)25/h15-17,19,21,23H,2-11,14H2,1H3,(H,24,25)/t15?,16-,17-,19?/m1/s1. The molecule has 0 amide bonds. The molecule has 0 spiro atoms. The van der Waals surface area contributed by atoms with Crippen molar-refractivity contribution in [2.45, 2.75) is 89.8 Å². The Kier molecular flexibility index (Phi) is 10.4. The summed E-state index contributed by atoms with van der Waals surface area (Å²) in [6.07, 6.45) is 6.50. The van der Waals surface area contributed by atoms with E-state index >= 15 is 0 Å². The van der Waals surface area contributed by atoms with Gasteiger partial charge in [0.05, 0.1) is 12.0 Å². The van der Waals surface area contributed by atoms with Crippen molar-refractivity contribution in [3.63, 3.8) is 0 Å². The van der Waals surface area contributed by atoms with Gasteiger partial charge in [-0.25, -0.2) is 0 Å². The summed E-state index contributed by atoms with van der Waals surface area (Å²) in [6, 6.07) is 0. The van der Waals surface area contributed by atoms with Gasteiger partial charge in [-0.3, -0.25) is 9.59 Å². The van der Waals surface area contributed by atoms with Crippen LogP contribution in [0.15, 0.2) is 0 Å². The maximum Gasteiger partial charge on any atom is 0.303 e. The van der Waals surface area contributed by atoms with Crippen LogP contribution in [0.4, 0.5) is 0 Å². The Bertz CT molecular complexity index is 476. The van der Waals surface area contributed by atoms with Crippen molar-refractivity contribution >= 4 is 11.8 Å². The highest BCUT2D eigenvalue weighted by atomic mass is 16.4. The summed E-state index contributed by atoms with van der Waals surface area (Å²) in [5.41, 5.74) is 0. The number of hydrogen-bond acceptors (Lipinski definition) is 4. The molecule has 0 saturated heterocycles. The van der Waals surface area contributed by atoms with Crippen LogP contribution in [-0.2, 0) is 9.59 Å². The van der Waals surface area contributed by atoms with Crippen molar-refractivity contribution in [3.8, 4) is 11.8 Å². The molecule has 0 aromatic rings. The van der Waals surface area contributed by atoms with Crippen molar-refractivity contribution in [2.24, 2.45) is 11.8 Å². The Morgan fingerprint density at radius 2 is 1.92 bits per heavy atom. The molecule has 4 atom stereocenters. The fourth-order valence-corrected chi connectivity index (χ4v) is 3.34. The van der Waals surface area contributed by atoms with Crippen LogP contribution in [0.2, 0.25) is 0 Å². The minimum absolute atomic E-state index is 0.0535. The van der Waals surface area contributed by atoms with Gasteiger partial charge in [-0.15, -0.1) is 0 Å². The summed E-state index contributed by atoms with van der Waals surface area (Å²) in [5, 5.41) is 28.6. The second kappa shape index (κ2) is 12.1. The summed E-state index contributed by atoms with van der Waals surface area (Å²) in [6.45, 7) is 2.10. The fraction of sp³-hybridized carbons (Fsp3) is 0.800. The number of aliphatic hydroxyl groups excluding tert-OH is 2. The summed E-state index contributed by atoms with van der Waals surface area (Å²) < 4.78 is 0. The largest absolute Gasteiger partial charge is 0.481 e. The van der Waals surface area contributed by atoms with E-state index in [1.807, 2.05) is 0 Å². The maximum atomic E-state index is 12.1. The van der Waals surface area contributed by atoms with E-state index in [0.717, 1.165) is 38.5 Å². The van der Waals surface area contributed by atoms with Crippen LogP contribution >= 0.6 is 0 Å². The Morgan fingerprint density at radius 1 is 1.20 bits per heavy atom. The molecule has 0 aliphatic heterocycles. The number of aliphatic hydroxyl groups is 2. The molecule has 5 heteroatoms. The molecule has 1 fully saturated rings. The summed E-state index contributed by atoms with van der Waals surface area (Å²) in [4.78, 5) is 22.6. The van der Waals surface area contributed by atoms with Crippen molar-refractivity contribution in [3.05, 3.63) is 0 Å². The summed E-state index contributed by atoms with van der Waals surface area (Å²) in [5.74, 6) is 4.41. The number of carbonyl (C=O) groups is 2. The molecule has 1 saturated carbocycles. The van der Waals surface area contributed by atoms with E-state index < -0.39 is 18.2 Å². The molecule has 0 heterocycles. The Hall–Kier alpha value is -1.38. The molecule has 2 unspecified atom stereocenters. The van der Waals surface area contributed by atoms with Gasteiger partial charge in [-0.2, -0.15) is 0 Å². The molecule has 1 aliphatic rings. The molecule has 25 heavy (non-hydrogen) atoms. The highest BCUT2D eigenvalue weighted by molar-refractivity contribution is 5.84. The first-order valence-corrected chi connectivity index (χ1v) is 9.57. The molecule has 3 N–H and O–H groups in total. The van der Waals surface area contributed by atoms with Gasteiger partial charge < -0.3 is 15.3 Å². The van der Waals surface area contributed by atoms with Gasteiger partial charge in [0.25, 0.3) is 0 Å². The summed E-state index contributed by atoms with van der Waals surface area (Å²) in [7, 11) is 0. The molecule has 0 radical (unpaired) electrons. The van der Waals surface area contributed by atoms with E-state index in [1.165, 1.54) is 0 Å². The number of hydrogen-bond donors (Lipinski definition) is 3. The number of ketones is 1. The molecule has 0 bridgehead atoms. The molecule has 1 aliphatic carbocycles. The summed E-state index contributed by atoms with van der Waals surface area (Å²) >= 11 is 0. The third kappa shape index (κ3) is 8.51. The monoisotopic (exact) mass is 352 g/mol. The van der Waals surface area contributed by atoms with Gasteiger partial charge >= 0.3 is 5.97 Å². The van der Waals surface area contributed by atoms with Crippen LogP contribution in [0.3, 0.4) is 0 Å². The normalized spacial score (nSPS) is 24.0. The molecule has 0 aromatic heterocycles. The average molecular weight is 352 g/mol. The lowest BCUT2D eigenvalue weighted by atomic mass is 9.89. The lowest BCUT2D eigenvalue weighted by molar-refractivity contribution is -0.137. The van der Waals surface area contributed by atoms with E-state index in [9.17, 15) is 19.8 Å². The van der Waals surface area contributed by atoms with Crippen LogP contribution < -0.4 is 0 Å². The molecular formula is C20H32O5. The predicted molar refractivity (Wildman–Crippen MR) is 95.9 cm³/mol. The quantitative estimate of drug-likeness (QED) is 0.392. The van der Waals surface area contributed by atoms with Gasteiger partial charge in [0.1, 0.15) is 11.9 Å². The second-order valence-corrected chi connectivity index (χ2v) is 7.02. The number of carboxylic acid groups (broad SMARTS) is 1. The van der Waals surface area contributed by atoms with Crippen LogP contribution in [0, 0.1) is 23.7 Å². The molecule has 5 nitrogen and oxygen atoms in total. The predicted octanol–water partition coefficient (Wildman–Crippen LogP) is 2.92. The Morgan fingerprint density at radius 3 is 2.60 bits per heavy atom. The lowest BCUT2D eigenvalue weighted by Crippen LogP contribution is -2.19. The first-order chi connectivity index (χ1) is 12.0. The fourth-order valence-electron chi connectivity index (χ4n) is 3.34. The van der Waals surface area contributed by atoms with Crippen molar-refractivity contribution < 1.29 is 24.9 Å². The van der Waals surface area contributed by atoms with E-state index in [0.29, 0.717) is 19.3 Å². The number of unbranched alkanes of at least 4 members (excludes halogenated alkanes) is 5. The van der Waals surface area contributed by atoms with Crippen LogP contribution in [0.5, 0.6) is 0 Å². The number of carboxylic acids is 1. The Balaban J connectivity index is 2.42. The first kappa shape index (κ1) is 21.7. The third-order valence-electron chi connectivity index (χ3n) is 4.83. The van der Waals surface area contributed by atoms with E-state index in [1.54, 1.807) is 0 Å². The van der Waals surface area contributed by atoms with Gasteiger partial charge in [0.15, 0.2) is 0 Å².